The van der Waals surface area contributed by atoms with E-state index in [9.17, 15) is 9.59 Å². The summed E-state index contributed by atoms with van der Waals surface area (Å²) in [6, 6.07) is 0.126. The van der Waals surface area contributed by atoms with Gasteiger partial charge >= 0.3 is 0 Å². The molecule has 0 aliphatic carbocycles. The zero-order valence-corrected chi connectivity index (χ0v) is 14.0. The summed E-state index contributed by atoms with van der Waals surface area (Å²) in [5.74, 6) is 1.10. The highest BCUT2D eigenvalue weighted by Gasteiger charge is 2.30. The number of aromatic nitrogens is 2. The Morgan fingerprint density at radius 1 is 1.48 bits per heavy atom. The fraction of sp³-hybridized carbons (Fsp3) is 0.733. The molecule has 1 aliphatic rings. The van der Waals surface area contributed by atoms with Crippen LogP contribution in [-0.2, 0) is 16.1 Å². The predicted molar refractivity (Wildman–Crippen MR) is 83.4 cm³/mol. The molecule has 8 nitrogen and oxygen atoms in total. The fourth-order valence-electron chi connectivity index (χ4n) is 2.87. The molecule has 0 aromatic carbocycles. The average molecular weight is 323 g/mol. The molecule has 8 heteroatoms. The van der Waals surface area contributed by atoms with Crippen LogP contribution in [0, 0.1) is 6.92 Å². The zero-order chi connectivity index (χ0) is 16.8. The van der Waals surface area contributed by atoms with Gasteiger partial charge in [0.15, 0.2) is 5.82 Å². The monoisotopic (exact) mass is 323 g/mol. The quantitative estimate of drug-likeness (QED) is 0.777. The number of rotatable bonds is 7. The van der Waals surface area contributed by atoms with Gasteiger partial charge in [-0.3, -0.25) is 9.59 Å². The van der Waals surface area contributed by atoms with E-state index in [4.69, 9.17) is 4.52 Å². The molecule has 0 radical (unpaired) electrons. The summed E-state index contributed by atoms with van der Waals surface area (Å²) in [7, 11) is 0. The molecule has 1 fully saturated rings. The number of carbonyl (C=O) groups excluding carboxylic acids is 2. The van der Waals surface area contributed by atoms with E-state index in [0.717, 1.165) is 26.1 Å². The highest BCUT2D eigenvalue weighted by atomic mass is 16.5. The van der Waals surface area contributed by atoms with Gasteiger partial charge in [0, 0.05) is 52.5 Å². The molecule has 2 rings (SSSR count). The molecule has 1 aromatic rings. The summed E-state index contributed by atoms with van der Waals surface area (Å²) in [4.78, 5) is 31.7. The summed E-state index contributed by atoms with van der Waals surface area (Å²) in [6.45, 7) is 8.60. The van der Waals surface area contributed by atoms with Crippen molar-refractivity contribution in [2.24, 2.45) is 0 Å². The van der Waals surface area contributed by atoms with Crippen molar-refractivity contribution in [1.82, 2.24) is 25.3 Å². The van der Waals surface area contributed by atoms with Gasteiger partial charge in [0.05, 0.1) is 6.54 Å². The van der Waals surface area contributed by atoms with Crippen LogP contribution in [0.25, 0.3) is 0 Å². The maximum atomic E-state index is 12.0. The molecule has 1 aromatic heterocycles. The number of nitrogens with zero attached hydrogens (tertiary/aromatic N) is 4. The van der Waals surface area contributed by atoms with E-state index in [0.29, 0.717) is 31.2 Å². The van der Waals surface area contributed by atoms with Gasteiger partial charge in [0.2, 0.25) is 17.7 Å². The number of hydrogen-bond donors (Lipinski definition) is 1. The van der Waals surface area contributed by atoms with E-state index < -0.39 is 0 Å². The van der Waals surface area contributed by atoms with Crippen LogP contribution in [0.5, 0.6) is 0 Å². The number of amides is 2. The van der Waals surface area contributed by atoms with Crippen molar-refractivity contribution in [2.45, 2.75) is 46.2 Å². The molecule has 1 saturated heterocycles. The maximum absolute atomic E-state index is 12.0. The number of carbonyl (C=O) groups is 2. The van der Waals surface area contributed by atoms with Crippen LogP contribution >= 0.6 is 0 Å². The minimum Gasteiger partial charge on any atom is -0.356 e. The number of likely N-dealkylation sites (tertiary alicyclic amines) is 1. The minimum atomic E-state index is 0.00280. The van der Waals surface area contributed by atoms with Gasteiger partial charge in [-0.15, -0.1) is 0 Å². The highest BCUT2D eigenvalue weighted by Crippen LogP contribution is 2.18. The van der Waals surface area contributed by atoms with Gasteiger partial charge in [0.1, 0.15) is 0 Å². The van der Waals surface area contributed by atoms with E-state index >= 15 is 0 Å². The van der Waals surface area contributed by atoms with Gasteiger partial charge < -0.3 is 19.6 Å². The maximum Gasteiger partial charge on any atom is 0.223 e. The Kier molecular flexibility index (Phi) is 6.09. The van der Waals surface area contributed by atoms with E-state index in [1.165, 1.54) is 0 Å². The first-order chi connectivity index (χ1) is 11.0. The Hall–Kier alpha value is -1.96. The van der Waals surface area contributed by atoms with E-state index in [1.54, 1.807) is 18.7 Å². The second-order valence-electron chi connectivity index (χ2n) is 5.82. The molecular weight excluding hydrogens is 298 g/mol. The van der Waals surface area contributed by atoms with Crippen LogP contribution in [-0.4, -0.2) is 64.0 Å². The number of nitrogens with one attached hydrogen (secondary N) is 1. The van der Waals surface area contributed by atoms with Crippen molar-refractivity contribution in [1.29, 1.82) is 0 Å². The van der Waals surface area contributed by atoms with Crippen LogP contribution in [0.4, 0.5) is 0 Å². The Morgan fingerprint density at radius 3 is 2.87 bits per heavy atom. The Balaban J connectivity index is 1.86. The van der Waals surface area contributed by atoms with Crippen LogP contribution < -0.4 is 5.32 Å². The summed E-state index contributed by atoms with van der Waals surface area (Å²) >= 11 is 0. The first kappa shape index (κ1) is 17.4. The molecule has 1 atom stereocenters. The molecule has 0 spiro atoms. The third-order valence-corrected chi connectivity index (χ3v) is 4.00. The van der Waals surface area contributed by atoms with Crippen molar-refractivity contribution in [3.8, 4) is 0 Å². The number of aryl methyl sites for hydroxylation is 1. The molecule has 0 bridgehead atoms. The summed E-state index contributed by atoms with van der Waals surface area (Å²) in [6.07, 6.45) is 1.39. The van der Waals surface area contributed by atoms with Crippen LogP contribution in [0.1, 0.15) is 38.4 Å². The Labute approximate surface area is 136 Å². The fourth-order valence-corrected chi connectivity index (χ4v) is 2.87. The lowest BCUT2D eigenvalue weighted by Gasteiger charge is -2.27. The van der Waals surface area contributed by atoms with E-state index in [1.807, 2.05) is 6.92 Å². The molecule has 2 amide bonds. The lowest BCUT2D eigenvalue weighted by atomic mass is 10.2. The SMILES string of the molecule is CCNC(=O)CCN1CC[C@H](N(Cc2noc(C)n2)C(C)=O)C1. The smallest absolute Gasteiger partial charge is 0.223 e. The standard InChI is InChI=1S/C15H25N5O3/c1-4-16-15(22)6-8-19-7-5-13(9-19)20(12(3)21)10-14-17-11(2)23-18-14/h13H,4-10H2,1-3H3,(H,16,22)/t13-/m0/s1. The predicted octanol–water partition coefficient (Wildman–Crippen LogP) is 0.327. The van der Waals surface area contributed by atoms with Crippen molar-refractivity contribution in [3.05, 3.63) is 11.7 Å². The molecule has 0 saturated carbocycles. The first-order valence-corrected chi connectivity index (χ1v) is 8.05. The van der Waals surface area contributed by atoms with E-state index in [-0.39, 0.29) is 17.9 Å². The molecular formula is C15H25N5O3. The zero-order valence-electron chi connectivity index (χ0n) is 14.0. The minimum absolute atomic E-state index is 0.00280. The van der Waals surface area contributed by atoms with Gasteiger partial charge in [-0.05, 0) is 13.3 Å². The van der Waals surface area contributed by atoms with Gasteiger partial charge in [-0.25, -0.2) is 0 Å². The molecule has 23 heavy (non-hydrogen) atoms. The molecule has 2 heterocycles. The van der Waals surface area contributed by atoms with Crippen molar-refractivity contribution >= 4 is 11.8 Å². The molecule has 0 unspecified atom stereocenters. The van der Waals surface area contributed by atoms with Crippen LogP contribution in [0.2, 0.25) is 0 Å². The topological polar surface area (TPSA) is 91.6 Å². The van der Waals surface area contributed by atoms with Gasteiger partial charge in [-0.2, -0.15) is 4.98 Å². The second-order valence-corrected chi connectivity index (χ2v) is 5.82. The first-order valence-electron chi connectivity index (χ1n) is 8.05. The molecule has 1 N–H and O–H groups in total. The molecule has 1 aliphatic heterocycles. The summed E-state index contributed by atoms with van der Waals surface area (Å²) < 4.78 is 4.96. The third kappa shape index (κ3) is 5.02. The van der Waals surface area contributed by atoms with Crippen molar-refractivity contribution < 1.29 is 14.1 Å². The Morgan fingerprint density at radius 2 is 2.26 bits per heavy atom. The second kappa shape index (κ2) is 8.05. The van der Waals surface area contributed by atoms with Crippen molar-refractivity contribution in [2.75, 3.05) is 26.2 Å². The van der Waals surface area contributed by atoms with Gasteiger partial charge in [-0.1, -0.05) is 5.16 Å². The third-order valence-electron chi connectivity index (χ3n) is 4.00. The summed E-state index contributed by atoms with van der Waals surface area (Å²) in [5.41, 5.74) is 0. The van der Waals surface area contributed by atoms with Gasteiger partial charge in [0.25, 0.3) is 0 Å². The van der Waals surface area contributed by atoms with E-state index in [2.05, 4.69) is 20.4 Å². The lowest BCUT2D eigenvalue weighted by Crippen LogP contribution is -2.41. The van der Waals surface area contributed by atoms with Crippen LogP contribution in [0.15, 0.2) is 4.52 Å². The average Bonchev–Trinajstić information content (AvgIpc) is 3.11. The summed E-state index contributed by atoms with van der Waals surface area (Å²) in [5, 5.41) is 6.66. The Bertz CT molecular complexity index is 545. The normalized spacial score (nSPS) is 18.1. The largest absolute Gasteiger partial charge is 0.356 e. The van der Waals surface area contributed by atoms with Crippen molar-refractivity contribution in [3.63, 3.8) is 0 Å². The lowest BCUT2D eigenvalue weighted by molar-refractivity contribution is -0.131. The van der Waals surface area contributed by atoms with Crippen LogP contribution in [0.3, 0.4) is 0 Å². The molecule has 128 valence electrons. The number of hydrogen-bond acceptors (Lipinski definition) is 6. The highest BCUT2D eigenvalue weighted by molar-refractivity contribution is 5.76.